The molecule has 1 rings (SSSR count). The number of nitrogen functional groups attached to an aromatic ring is 1. The van der Waals surface area contributed by atoms with Gasteiger partial charge in [-0.3, -0.25) is 0 Å². The molecule has 2 N–H and O–H groups in total. The minimum absolute atomic E-state index is 0.435. The maximum absolute atomic E-state index is 5.16. The van der Waals surface area contributed by atoms with Crippen LogP contribution in [0.4, 0.5) is 5.13 Å². The molecule has 0 fully saturated rings. The van der Waals surface area contributed by atoms with Gasteiger partial charge in [0, 0.05) is 0 Å². The predicted molar refractivity (Wildman–Crippen MR) is 30.2 cm³/mol. The number of nitrogens with two attached hydrogens (primary N) is 1. The Morgan fingerprint density at radius 3 is 2.43 bits per heavy atom. The minimum atomic E-state index is 0.435. The number of nitrogens with zero attached hydrogens (tertiary/aromatic N) is 2. The second kappa shape index (κ2) is 1.59. The highest BCUT2D eigenvalue weighted by atomic mass is 32.2. The molecular formula is C2H2N3S2. The molecule has 1 heterocycles. The van der Waals surface area contributed by atoms with E-state index in [1.807, 2.05) is 0 Å². The smallest absolute Gasteiger partial charge is 0.206 e. The molecule has 0 aliphatic carbocycles. The standard InChI is InChI=1S/C2H2N3S2/c3-1-4-5-2(6)7-1/h(H2,3,4). The lowest BCUT2D eigenvalue weighted by Crippen LogP contribution is -1.79. The zero-order valence-electron chi connectivity index (χ0n) is 3.29. The summed E-state index contributed by atoms with van der Waals surface area (Å²) in [6, 6.07) is 0. The molecule has 37 valence electrons. The van der Waals surface area contributed by atoms with E-state index in [9.17, 15) is 0 Å². The van der Waals surface area contributed by atoms with E-state index in [-0.39, 0.29) is 0 Å². The molecule has 0 atom stereocenters. The maximum Gasteiger partial charge on any atom is 0.206 e. The third-order valence-corrected chi connectivity index (χ3v) is 1.30. The summed E-state index contributed by atoms with van der Waals surface area (Å²) in [5.74, 6) is 0. The van der Waals surface area contributed by atoms with E-state index in [4.69, 9.17) is 5.73 Å². The first-order valence-electron chi connectivity index (χ1n) is 1.55. The van der Waals surface area contributed by atoms with Gasteiger partial charge < -0.3 is 5.73 Å². The van der Waals surface area contributed by atoms with Crippen LogP contribution < -0.4 is 5.73 Å². The molecule has 5 heteroatoms. The van der Waals surface area contributed by atoms with Crippen molar-refractivity contribution < 1.29 is 0 Å². The van der Waals surface area contributed by atoms with Crippen molar-refractivity contribution in [3.63, 3.8) is 0 Å². The van der Waals surface area contributed by atoms with Gasteiger partial charge in [0.05, 0.1) is 0 Å². The molecule has 0 aliphatic heterocycles. The average Bonchev–Trinajstić information content (AvgIpc) is 1.87. The van der Waals surface area contributed by atoms with Crippen molar-refractivity contribution in [1.29, 1.82) is 0 Å². The normalized spacial score (nSPS) is 9.14. The van der Waals surface area contributed by atoms with Crippen molar-refractivity contribution in [3.05, 3.63) is 0 Å². The van der Waals surface area contributed by atoms with E-state index in [1.165, 1.54) is 11.3 Å². The van der Waals surface area contributed by atoms with Gasteiger partial charge in [0.2, 0.25) is 9.47 Å². The van der Waals surface area contributed by atoms with E-state index in [1.54, 1.807) is 0 Å². The summed E-state index contributed by atoms with van der Waals surface area (Å²) >= 11 is 5.81. The number of hydrogen-bond acceptors (Lipinski definition) is 4. The molecule has 0 saturated heterocycles. The molecule has 0 aliphatic rings. The fourth-order valence-electron chi connectivity index (χ4n) is 0.220. The molecule has 0 amide bonds. The molecule has 7 heavy (non-hydrogen) atoms. The van der Waals surface area contributed by atoms with Gasteiger partial charge in [-0.1, -0.05) is 11.3 Å². The van der Waals surface area contributed by atoms with E-state index in [2.05, 4.69) is 22.8 Å². The van der Waals surface area contributed by atoms with Crippen molar-refractivity contribution in [1.82, 2.24) is 10.2 Å². The molecule has 3 nitrogen and oxygen atoms in total. The number of rotatable bonds is 0. The van der Waals surface area contributed by atoms with Crippen LogP contribution in [-0.4, -0.2) is 10.2 Å². The second-order valence-corrected chi connectivity index (χ2v) is 2.56. The average molecular weight is 132 g/mol. The lowest BCUT2D eigenvalue weighted by molar-refractivity contribution is 1.02. The van der Waals surface area contributed by atoms with Crippen molar-refractivity contribution in [2.45, 2.75) is 4.34 Å². The van der Waals surface area contributed by atoms with Crippen LogP contribution in [0.15, 0.2) is 4.34 Å². The van der Waals surface area contributed by atoms with Gasteiger partial charge in [-0.2, -0.15) is 0 Å². The molecular weight excluding hydrogens is 130 g/mol. The number of hydrogen-bond donors (Lipinski definition) is 1. The Kier molecular flexibility index (Phi) is 1.07. The summed E-state index contributed by atoms with van der Waals surface area (Å²) < 4.78 is 0.498. The Morgan fingerprint density at radius 1 is 1.57 bits per heavy atom. The third-order valence-electron chi connectivity index (χ3n) is 0.422. The lowest BCUT2D eigenvalue weighted by Gasteiger charge is -1.65. The van der Waals surface area contributed by atoms with Crippen LogP contribution in [0, 0.1) is 0 Å². The van der Waals surface area contributed by atoms with Crippen LogP contribution in [0.25, 0.3) is 0 Å². The second-order valence-electron chi connectivity index (χ2n) is 0.906. The third kappa shape index (κ3) is 0.971. The molecule has 0 bridgehead atoms. The number of anilines is 1. The first kappa shape index (κ1) is 4.73. The van der Waals surface area contributed by atoms with Gasteiger partial charge in [0.1, 0.15) is 0 Å². The lowest BCUT2D eigenvalue weighted by atomic mass is 11.3. The van der Waals surface area contributed by atoms with Crippen LogP contribution in [-0.2, 0) is 0 Å². The van der Waals surface area contributed by atoms with Crippen LogP contribution in [0.1, 0.15) is 0 Å². The van der Waals surface area contributed by atoms with Crippen molar-refractivity contribution in [3.8, 4) is 0 Å². The van der Waals surface area contributed by atoms with Crippen LogP contribution in [0.5, 0.6) is 0 Å². The van der Waals surface area contributed by atoms with Gasteiger partial charge in [-0.15, -0.1) is 10.2 Å². The highest BCUT2D eigenvalue weighted by molar-refractivity contribution is 7.82. The van der Waals surface area contributed by atoms with E-state index < -0.39 is 0 Å². The fourth-order valence-corrected chi connectivity index (χ4v) is 0.860. The predicted octanol–water partition coefficient (Wildman–Crippen LogP) is 0.677. The van der Waals surface area contributed by atoms with Crippen LogP contribution >= 0.6 is 24.0 Å². The van der Waals surface area contributed by atoms with Crippen molar-refractivity contribution in [2.75, 3.05) is 5.73 Å². The Balaban J connectivity index is 3.04. The summed E-state index contributed by atoms with van der Waals surface area (Å²) in [6.45, 7) is 0. The molecule has 1 radical (unpaired) electrons. The minimum Gasteiger partial charge on any atom is -0.374 e. The largest absolute Gasteiger partial charge is 0.374 e. The van der Waals surface area contributed by atoms with Gasteiger partial charge in [0.25, 0.3) is 0 Å². The Labute approximate surface area is 50.0 Å². The topological polar surface area (TPSA) is 51.8 Å². The molecule has 0 aromatic carbocycles. The first-order chi connectivity index (χ1) is 3.29. The summed E-state index contributed by atoms with van der Waals surface area (Å²) in [4.78, 5) is 0. The first-order valence-corrected chi connectivity index (χ1v) is 2.77. The van der Waals surface area contributed by atoms with E-state index >= 15 is 0 Å². The number of aromatic nitrogens is 2. The van der Waals surface area contributed by atoms with Crippen LogP contribution in [0.2, 0.25) is 0 Å². The SMILES string of the molecule is Nc1nnc([S])s1. The summed E-state index contributed by atoms with van der Waals surface area (Å²) in [6.07, 6.45) is 0. The van der Waals surface area contributed by atoms with Gasteiger partial charge in [0.15, 0.2) is 0 Å². The highest BCUT2D eigenvalue weighted by Crippen LogP contribution is 2.13. The van der Waals surface area contributed by atoms with Crippen molar-refractivity contribution in [2.24, 2.45) is 0 Å². The highest BCUT2D eigenvalue weighted by Gasteiger charge is 1.91. The maximum atomic E-state index is 5.16. The van der Waals surface area contributed by atoms with Crippen molar-refractivity contribution >= 4 is 29.1 Å². The zero-order valence-corrected chi connectivity index (χ0v) is 4.92. The zero-order chi connectivity index (χ0) is 5.28. The summed E-state index contributed by atoms with van der Waals surface area (Å²) in [5, 5.41) is 7.37. The monoisotopic (exact) mass is 132 g/mol. The van der Waals surface area contributed by atoms with Gasteiger partial charge in [-0.05, 0) is 12.6 Å². The summed E-state index contributed by atoms with van der Waals surface area (Å²) in [7, 11) is 0. The van der Waals surface area contributed by atoms with Gasteiger partial charge in [-0.25, -0.2) is 0 Å². The van der Waals surface area contributed by atoms with E-state index in [0.717, 1.165) is 0 Å². The molecule has 0 saturated carbocycles. The van der Waals surface area contributed by atoms with E-state index in [0.29, 0.717) is 9.47 Å². The molecule has 1 aromatic rings. The molecule has 0 unspecified atom stereocenters. The molecule has 1 aromatic heterocycles. The quantitative estimate of drug-likeness (QED) is 0.564. The Hall–Kier alpha value is -0.420. The summed E-state index contributed by atoms with van der Waals surface area (Å²) in [5.41, 5.74) is 5.16. The fraction of sp³-hybridized carbons (Fsp3) is 0. The van der Waals surface area contributed by atoms with Gasteiger partial charge >= 0.3 is 0 Å². The Morgan fingerprint density at radius 2 is 2.29 bits per heavy atom. The molecule has 0 spiro atoms. The Bertz CT molecular complexity index is 143. The van der Waals surface area contributed by atoms with Crippen LogP contribution in [0.3, 0.4) is 0 Å².